The molecule has 1 aromatic heterocycles. The van der Waals surface area contributed by atoms with Gasteiger partial charge in [-0.15, -0.1) is 11.3 Å². The lowest BCUT2D eigenvalue weighted by Crippen LogP contribution is -2.35. The van der Waals surface area contributed by atoms with Crippen molar-refractivity contribution in [3.8, 4) is 11.1 Å². The SMILES string of the molecule is O=C(c1sccc1-c1ccccc1)N1CCCCC1. The van der Waals surface area contributed by atoms with Gasteiger partial charge in [0.05, 0.1) is 4.88 Å². The molecule has 2 heterocycles. The van der Waals surface area contributed by atoms with Gasteiger partial charge < -0.3 is 4.90 Å². The Bertz CT molecular complexity index is 555. The molecule has 1 amide bonds. The van der Waals surface area contributed by atoms with Crippen LogP contribution in [0.1, 0.15) is 28.9 Å². The molecule has 98 valence electrons. The molecule has 1 saturated heterocycles. The Balaban J connectivity index is 1.89. The molecule has 3 heteroatoms. The van der Waals surface area contributed by atoms with E-state index in [-0.39, 0.29) is 5.91 Å². The van der Waals surface area contributed by atoms with Crippen LogP contribution in [-0.2, 0) is 0 Å². The summed E-state index contributed by atoms with van der Waals surface area (Å²) in [5.74, 6) is 0.202. The Morgan fingerprint density at radius 1 is 1.00 bits per heavy atom. The second-order valence-electron chi connectivity index (χ2n) is 4.88. The van der Waals surface area contributed by atoms with Crippen LogP contribution < -0.4 is 0 Å². The number of piperidine rings is 1. The van der Waals surface area contributed by atoms with Gasteiger partial charge in [-0.25, -0.2) is 0 Å². The van der Waals surface area contributed by atoms with E-state index in [1.54, 1.807) is 11.3 Å². The minimum atomic E-state index is 0.202. The van der Waals surface area contributed by atoms with Gasteiger partial charge in [0, 0.05) is 18.7 Å². The zero-order valence-corrected chi connectivity index (χ0v) is 11.7. The van der Waals surface area contributed by atoms with Gasteiger partial charge in [-0.05, 0) is 36.3 Å². The van der Waals surface area contributed by atoms with Gasteiger partial charge in [-0.1, -0.05) is 30.3 Å². The molecule has 0 unspecified atom stereocenters. The van der Waals surface area contributed by atoms with Crippen LogP contribution in [0.15, 0.2) is 41.8 Å². The third kappa shape index (κ3) is 2.56. The van der Waals surface area contributed by atoms with Gasteiger partial charge in [0.25, 0.3) is 5.91 Å². The molecule has 1 aliphatic rings. The molecule has 3 rings (SSSR count). The molecule has 1 aromatic carbocycles. The molecular weight excluding hydrogens is 254 g/mol. The molecule has 0 N–H and O–H groups in total. The van der Waals surface area contributed by atoms with Crippen LogP contribution >= 0.6 is 11.3 Å². The van der Waals surface area contributed by atoms with Gasteiger partial charge in [-0.2, -0.15) is 0 Å². The highest BCUT2D eigenvalue weighted by atomic mass is 32.1. The van der Waals surface area contributed by atoms with Crippen molar-refractivity contribution in [3.05, 3.63) is 46.7 Å². The maximum absolute atomic E-state index is 12.6. The van der Waals surface area contributed by atoms with E-state index in [0.29, 0.717) is 0 Å². The van der Waals surface area contributed by atoms with Gasteiger partial charge in [0.15, 0.2) is 0 Å². The van der Waals surface area contributed by atoms with Crippen molar-refractivity contribution in [1.82, 2.24) is 4.90 Å². The Hall–Kier alpha value is -1.61. The van der Waals surface area contributed by atoms with E-state index in [9.17, 15) is 4.79 Å². The molecule has 0 bridgehead atoms. The molecule has 2 nitrogen and oxygen atoms in total. The quantitative estimate of drug-likeness (QED) is 0.807. The highest BCUT2D eigenvalue weighted by Gasteiger charge is 2.22. The smallest absolute Gasteiger partial charge is 0.264 e. The van der Waals surface area contributed by atoms with Crippen molar-refractivity contribution in [2.24, 2.45) is 0 Å². The molecule has 0 radical (unpaired) electrons. The third-order valence-electron chi connectivity index (χ3n) is 3.59. The number of benzene rings is 1. The van der Waals surface area contributed by atoms with Crippen molar-refractivity contribution >= 4 is 17.2 Å². The van der Waals surface area contributed by atoms with Crippen molar-refractivity contribution < 1.29 is 4.79 Å². The van der Waals surface area contributed by atoms with Gasteiger partial charge >= 0.3 is 0 Å². The summed E-state index contributed by atoms with van der Waals surface area (Å²) in [7, 11) is 0. The topological polar surface area (TPSA) is 20.3 Å². The van der Waals surface area contributed by atoms with E-state index >= 15 is 0 Å². The van der Waals surface area contributed by atoms with Gasteiger partial charge in [-0.3, -0.25) is 4.79 Å². The summed E-state index contributed by atoms with van der Waals surface area (Å²) < 4.78 is 0. The standard InChI is InChI=1S/C16H17NOS/c18-16(17-10-5-2-6-11-17)15-14(9-12-19-15)13-7-3-1-4-8-13/h1,3-4,7-9,12H,2,5-6,10-11H2. The third-order valence-corrected chi connectivity index (χ3v) is 4.49. The van der Waals surface area contributed by atoms with Crippen molar-refractivity contribution in [2.75, 3.05) is 13.1 Å². The van der Waals surface area contributed by atoms with Crippen LogP contribution in [0.25, 0.3) is 11.1 Å². The minimum absolute atomic E-state index is 0.202. The summed E-state index contributed by atoms with van der Waals surface area (Å²) in [6.07, 6.45) is 3.52. The highest BCUT2D eigenvalue weighted by Crippen LogP contribution is 2.29. The Labute approximate surface area is 117 Å². The fourth-order valence-electron chi connectivity index (χ4n) is 2.56. The number of carbonyl (C=O) groups is 1. The predicted molar refractivity (Wildman–Crippen MR) is 79.5 cm³/mol. The second kappa shape index (κ2) is 5.57. The summed E-state index contributed by atoms with van der Waals surface area (Å²) in [5, 5.41) is 2.01. The lowest BCUT2D eigenvalue weighted by molar-refractivity contribution is 0.0730. The summed E-state index contributed by atoms with van der Waals surface area (Å²) in [5.41, 5.74) is 2.20. The number of likely N-dealkylation sites (tertiary alicyclic amines) is 1. The van der Waals surface area contributed by atoms with E-state index in [4.69, 9.17) is 0 Å². The largest absolute Gasteiger partial charge is 0.338 e. The fourth-order valence-corrected chi connectivity index (χ4v) is 3.44. The highest BCUT2D eigenvalue weighted by molar-refractivity contribution is 7.12. The summed E-state index contributed by atoms with van der Waals surface area (Å²) >= 11 is 1.55. The van der Waals surface area contributed by atoms with Crippen LogP contribution in [0.2, 0.25) is 0 Å². The Morgan fingerprint density at radius 3 is 2.47 bits per heavy atom. The first-order chi connectivity index (χ1) is 9.36. The monoisotopic (exact) mass is 271 g/mol. The number of thiophene rings is 1. The second-order valence-corrected chi connectivity index (χ2v) is 5.80. The van der Waals surface area contributed by atoms with Crippen LogP contribution in [0, 0.1) is 0 Å². The van der Waals surface area contributed by atoms with E-state index in [2.05, 4.69) is 18.2 Å². The van der Waals surface area contributed by atoms with Crippen molar-refractivity contribution in [2.45, 2.75) is 19.3 Å². The number of nitrogens with zero attached hydrogens (tertiary/aromatic N) is 1. The first-order valence-electron chi connectivity index (χ1n) is 6.78. The molecule has 0 saturated carbocycles. The first-order valence-corrected chi connectivity index (χ1v) is 7.66. The summed E-state index contributed by atoms with van der Waals surface area (Å²) in [6.45, 7) is 1.82. The first kappa shape index (κ1) is 12.4. The van der Waals surface area contributed by atoms with Gasteiger partial charge in [0.1, 0.15) is 0 Å². The molecular formula is C16H17NOS. The molecule has 1 aliphatic heterocycles. The average Bonchev–Trinajstić information content (AvgIpc) is 2.98. The fraction of sp³-hybridized carbons (Fsp3) is 0.312. The van der Waals surface area contributed by atoms with Gasteiger partial charge in [0.2, 0.25) is 0 Å². The molecule has 19 heavy (non-hydrogen) atoms. The van der Waals surface area contributed by atoms with Crippen LogP contribution in [0.5, 0.6) is 0 Å². The molecule has 0 atom stereocenters. The van der Waals surface area contributed by atoms with Crippen LogP contribution in [-0.4, -0.2) is 23.9 Å². The number of hydrogen-bond donors (Lipinski definition) is 0. The number of rotatable bonds is 2. The molecule has 0 aliphatic carbocycles. The summed E-state index contributed by atoms with van der Waals surface area (Å²) in [6, 6.07) is 12.2. The lowest BCUT2D eigenvalue weighted by Gasteiger charge is -2.26. The number of hydrogen-bond acceptors (Lipinski definition) is 2. The Kier molecular flexibility index (Phi) is 3.65. The average molecular weight is 271 g/mol. The maximum Gasteiger partial charge on any atom is 0.264 e. The minimum Gasteiger partial charge on any atom is -0.338 e. The zero-order valence-electron chi connectivity index (χ0n) is 10.8. The van der Waals surface area contributed by atoms with Crippen molar-refractivity contribution in [3.63, 3.8) is 0 Å². The van der Waals surface area contributed by atoms with E-state index in [0.717, 1.165) is 41.9 Å². The van der Waals surface area contributed by atoms with Crippen LogP contribution in [0.4, 0.5) is 0 Å². The number of carbonyl (C=O) groups excluding carboxylic acids is 1. The normalized spacial score (nSPS) is 15.5. The maximum atomic E-state index is 12.6. The summed E-state index contributed by atoms with van der Waals surface area (Å²) in [4.78, 5) is 15.5. The lowest BCUT2D eigenvalue weighted by atomic mass is 10.1. The van der Waals surface area contributed by atoms with E-state index in [1.807, 2.05) is 28.5 Å². The van der Waals surface area contributed by atoms with Crippen LogP contribution in [0.3, 0.4) is 0 Å². The Morgan fingerprint density at radius 2 is 1.74 bits per heavy atom. The molecule has 0 spiro atoms. The molecule has 2 aromatic rings. The molecule has 1 fully saturated rings. The predicted octanol–water partition coefficient (Wildman–Crippen LogP) is 4.04. The van der Waals surface area contributed by atoms with Crippen molar-refractivity contribution in [1.29, 1.82) is 0 Å². The zero-order chi connectivity index (χ0) is 13.1. The number of amides is 1. The van der Waals surface area contributed by atoms with E-state index < -0.39 is 0 Å². The van der Waals surface area contributed by atoms with E-state index in [1.165, 1.54) is 6.42 Å².